The van der Waals surface area contributed by atoms with Crippen LogP contribution in [0.3, 0.4) is 0 Å². The predicted molar refractivity (Wildman–Crippen MR) is 40.9 cm³/mol. The van der Waals surface area contributed by atoms with E-state index in [1.807, 2.05) is 0 Å². The SMILES string of the molecule is COC(CC=O)CC(C)C. The second-order valence-electron chi connectivity index (χ2n) is 2.89. The maximum Gasteiger partial charge on any atom is 0.122 e. The van der Waals surface area contributed by atoms with E-state index in [0.717, 1.165) is 12.7 Å². The molecule has 0 N–H and O–H groups in total. The highest BCUT2D eigenvalue weighted by atomic mass is 16.5. The summed E-state index contributed by atoms with van der Waals surface area (Å²) in [6.07, 6.45) is 2.53. The van der Waals surface area contributed by atoms with Gasteiger partial charge in [-0.1, -0.05) is 13.8 Å². The number of aldehydes is 1. The van der Waals surface area contributed by atoms with E-state index in [4.69, 9.17) is 4.74 Å². The highest BCUT2D eigenvalue weighted by Gasteiger charge is 2.07. The van der Waals surface area contributed by atoms with E-state index in [-0.39, 0.29) is 6.10 Å². The van der Waals surface area contributed by atoms with Crippen molar-refractivity contribution in [1.29, 1.82) is 0 Å². The van der Waals surface area contributed by atoms with Crippen molar-refractivity contribution < 1.29 is 9.53 Å². The summed E-state index contributed by atoms with van der Waals surface area (Å²) in [5, 5.41) is 0. The van der Waals surface area contributed by atoms with Crippen LogP contribution in [0.1, 0.15) is 26.7 Å². The topological polar surface area (TPSA) is 26.3 Å². The first-order valence-electron chi connectivity index (χ1n) is 3.67. The van der Waals surface area contributed by atoms with Gasteiger partial charge in [-0.2, -0.15) is 0 Å². The smallest absolute Gasteiger partial charge is 0.122 e. The van der Waals surface area contributed by atoms with Crippen molar-refractivity contribution in [1.82, 2.24) is 0 Å². The quantitative estimate of drug-likeness (QED) is 0.548. The van der Waals surface area contributed by atoms with Gasteiger partial charge in [0.1, 0.15) is 6.29 Å². The van der Waals surface area contributed by atoms with Crippen molar-refractivity contribution in [2.45, 2.75) is 32.8 Å². The van der Waals surface area contributed by atoms with Crippen LogP contribution in [-0.2, 0) is 9.53 Å². The molecular formula is C8H16O2. The van der Waals surface area contributed by atoms with E-state index in [9.17, 15) is 4.79 Å². The van der Waals surface area contributed by atoms with Gasteiger partial charge in [-0.3, -0.25) is 0 Å². The molecule has 0 aromatic carbocycles. The van der Waals surface area contributed by atoms with E-state index in [1.165, 1.54) is 0 Å². The standard InChI is InChI=1S/C8H16O2/c1-7(2)6-8(10-3)4-5-9/h5,7-8H,4,6H2,1-3H3. The number of ether oxygens (including phenoxy) is 1. The summed E-state index contributed by atoms with van der Waals surface area (Å²) in [6, 6.07) is 0. The van der Waals surface area contributed by atoms with Crippen LogP contribution in [0, 0.1) is 5.92 Å². The first kappa shape index (κ1) is 9.63. The number of carbonyl (C=O) groups excluding carboxylic acids is 1. The van der Waals surface area contributed by atoms with Gasteiger partial charge in [-0.25, -0.2) is 0 Å². The minimum absolute atomic E-state index is 0.123. The lowest BCUT2D eigenvalue weighted by Gasteiger charge is -2.13. The molecule has 0 saturated heterocycles. The predicted octanol–water partition coefficient (Wildman–Crippen LogP) is 1.64. The fourth-order valence-electron chi connectivity index (χ4n) is 0.922. The molecule has 1 atom stereocenters. The van der Waals surface area contributed by atoms with E-state index >= 15 is 0 Å². The summed E-state index contributed by atoms with van der Waals surface area (Å²) in [5.74, 6) is 0.602. The molecule has 2 heteroatoms. The summed E-state index contributed by atoms with van der Waals surface area (Å²) in [6.45, 7) is 4.24. The van der Waals surface area contributed by atoms with Gasteiger partial charge < -0.3 is 9.53 Å². The second kappa shape index (κ2) is 5.42. The summed E-state index contributed by atoms with van der Waals surface area (Å²) in [5.41, 5.74) is 0. The minimum Gasteiger partial charge on any atom is -0.381 e. The average Bonchev–Trinajstić information content (AvgIpc) is 1.86. The normalized spacial score (nSPS) is 13.6. The fourth-order valence-corrected chi connectivity index (χ4v) is 0.922. The Morgan fingerprint density at radius 1 is 1.50 bits per heavy atom. The van der Waals surface area contributed by atoms with Gasteiger partial charge >= 0.3 is 0 Å². The molecule has 2 nitrogen and oxygen atoms in total. The molecule has 0 spiro atoms. The van der Waals surface area contributed by atoms with Crippen LogP contribution in [0.4, 0.5) is 0 Å². The van der Waals surface area contributed by atoms with Gasteiger partial charge in [0.15, 0.2) is 0 Å². The average molecular weight is 144 g/mol. The van der Waals surface area contributed by atoms with Gasteiger partial charge in [-0.15, -0.1) is 0 Å². The molecule has 0 aliphatic rings. The maximum absolute atomic E-state index is 10.1. The summed E-state index contributed by atoms with van der Waals surface area (Å²) < 4.78 is 5.07. The molecule has 0 bridgehead atoms. The Hall–Kier alpha value is -0.370. The lowest BCUT2D eigenvalue weighted by molar-refractivity contribution is -0.110. The molecule has 0 aliphatic carbocycles. The Morgan fingerprint density at radius 3 is 2.40 bits per heavy atom. The largest absolute Gasteiger partial charge is 0.381 e. The van der Waals surface area contributed by atoms with Crippen molar-refractivity contribution in [2.24, 2.45) is 5.92 Å². The molecule has 0 fully saturated rings. The Kier molecular flexibility index (Phi) is 5.22. The number of methoxy groups -OCH3 is 1. The molecule has 60 valence electrons. The third-order valence-electron chi connectivity index (χ3n) is 1.43. The van der Waals surface area contributed by atoms with Gasteiger partial charge in [0, 0.05) is 13.5 Å². The third-order valence-corrected chi connectivity index (χ3v) is 1.43. The van der Waals surface area contributed by atoms with Crippen molar-refractivity contribution in [3.8, 4) is 0 Å². The van der Waals surface area contributed by atoms with Crippen molar-refractivity contribution >= 4 is 6.29 Å². The molecule has 0 amide bonds. The molecule has 0 aromatic rings. The molecule has 10 heavy (non-hydrogen) atoms. The lowest BCUT2D eigenvalue weighted by atomic mass is 10.0. The van der Waals surface area contributed by atoms with E-state index in [0.29, 0.717) is 12.3 Å². The van der Waals surface area contributed by atoms with E-state index in [1.54, 1.807) is 7.11 Å². The van der Waals surface area contributed by atoms with Crippen LogP contribution in [0.25, 0.3) is 0 Å². The molecule has 0 aliphatic heterocycles. The number of rotatable bonds is 5. The molecule has 0 heterocycles. The van der Waals surface area contributed by atoms with Crippen LogP contribution in [-0.4, -0.2) is 19.5 Å². The minimum atomic E-state index is 0.123. The zero-order valence-corrected chi connectivity index (χ0v) is 6.96. The lowest BCUT2D eigenvalue weighted by Crippen LogP contribution is -2.13. The second-order valence-corrected chi connectivity index (χ2v) is 2.89. The maximum atomic E-state index is 10.1. The van der Waals surface area contributed by atoms with Crippen molar-refractivity contribution in [2.75, 3.05) is 7.11 Å². The zero-order valence-electron chi connectivity index (χ0n) is 6.96. The Labute approximate surface area is 62.6 Å². The number of carbonyl (C=O) groups is 1. The molecular weight excluding hydrogens is 128 g/mol. The highest BCUT2D eigenvalue weighted by Crippen LogP contribution is 2.08. The van der Waals surface area contributed by atoms with Crippen LogP contribution in [0.5, 0.6) is 0 Å². The highest BCUT2D eigenvalue weighted by molar-refractivity contribution is 5.50. The third kappa shape index (κ3) is 4.50. The Bertz CT molecular complexity index is 89.3. The summed E-state index contributed by atoms with van der Waals surface area (Å²) in [7, 11) is 1.65. The van der Waals surface area contributed by atoms with Crippen molar-refractivity contribution in [3.63, 3.8) is 0 Å². The van der Waals surface area contributed by atoms with Crippen LogP contribution in [0.15, 0.2) is 0 Å². The molecule has 0 radical (unpaired) electrons. The van der Waals surface area contributed by atoms with Gasteiger partial charge in [0.2, 0.25) is 0 Å². The van der Waals surface area contributed by atoms with Gasteiger partial charge in [0.05, 0.1) is 6.10 Å². The summed E-state index contributed by atoms with van der Waals surface area (Å²) in [4.78, 5) is 10.1. The van der Waals surface area contributed by atoms with Gasteiger partial charge in [-0.05, 0) is 12.3 Å². The Balaban J connectivity index is 3.48. The molecule has 0 saturated carbocycles. The number of hydrogen-bond acceptors (Lipinski definition) is 2. The summed E-state index contributed by atoms with van der Waals surface area (Å²) >= 11 is 0. The first-order valence-corrected chi connectivity index (χ1v) is 3.67. The van der Waals surface area contributed by atoms with E-state index < -0.39 is 0 Å². The number of hydrogen-bond donors (Lipinski definition) is 0. The van der Waals surface area contributed by atoms with E-state index in [2.05, 4.69) is 13.8 Å². The molecule has 0 rings (SSSR count). The van der Waals surface area contributed by atoms with Crippen LogP contribution in [0.2, 0.25) is 0 Å². The molecule has 1 unspecified atom stereocenters. The fraction of sp³-hybridized carbons (Fsp3) is 0.875. The first-order chi connectivity index (χ1) is 4.70. The Morgan fingerprint density at radius 2 is 2.10 bits per heavy atom. The van der Waals surface area contributed by atoms with Crippen molar-refractivity contribution in [3.05, 3.63) is 0 Å². The molecule has 0 aromatic heterocycles. The monoisotopic (exact) mass is 144 g/mol. The zero-order chi connectivity index (χ0) is 7.98. The van der Waals surface area contributed by atoms with Crippen LogP contribution < -0.4 is 0 Å². The van der Waals surface area contributed by atoms with Crippen LogP contribution >= 0.6 is 0 Å². The van der Waals surface area contributed by atoms with Gasteiger partial charge in [0.25, 0.3) is 0 Å².